The molecule has 1 aliphatic heterocycles. The summed E-state index contributed by atoms with van der Waals surface area (Å²) in [6.45, 7) is 2.59. The number of hydrogen-bond donors (Lipinski definition) is 2. The lowest BCUT2D eigenvalue weighted by Gasteiger charge is -2.23. The summed E-state index contributed by atoms with van der Waals surface area (Å²) in [5.74, 6) is -0.627. The van der Waals surface area contributed by atoms with E-state index in [2.05, 4.69) is 5.32 Å². The average Bonchev–Trinajstić information content (AvgIpc) is 3.13. The van der Waals surface area contributed by atoms with Crippen LogP contribution in [-0.4, -0.2) is 53.4 Å². The Labute approximate surface area is 147 Å². The van der Waals surface area contributed by atoms with E-state index in [0.29, 0.717) is 12.8 Å². The molecule has 138 valence electrons. The van der Waals surface area contributed by atoms with Crippen LogP contribution in [0.3, 0.4) is 0 Å². The molecule has 0 aliphatic carbocycles. The maximum atomic E-state index is 12.4. The summed E-state index contributed by atoms with van der Waals surface area (Å²) in [6.07, 6.45) is 0.825. The van der Waals surface area contributed by atoms with E-state index in [1.54, 1.807) is 6.92 Å². The molecule has 1 aromatic rings. The lowest BCUT2D eigenvalue weighted by molar-refractivity contribution is -0.140. The molecule has 1 aliphatic rings. The second-order valence-corrected chi connectivity index (χ2v) is 8.56. The number of hydrogen-bond acceptors (Lipinski definition) is 5. The van der Waals surface area contributed by atoms with Gasteiger partial charge >= 0.3 is 12.1 Å². The molecule has 1 fully saturated rings. The van der Waals surface area contributed by atoms with Gasteiger partial charge in [-0.2, -0.15) is 0 Å². The molecule has 1 aromatic carbocycles. The fourth-order valence-electron chi connectivity index (χ4n) is 2.68. The third-order valence-electron chi connectivity index (χ3n) is 4.16. The number of carbonyl (C=O) groups excluding carboxylic acids is 2. The number of aryl methyl sites for hydroxylation is 1. The summed E-state index contributed by atoms with van der Waals surface area (Å²) >= 11 is 0. The van der Waals surface area contributed by atoms with Gasteiger partial charge < -0.3 is 14.9 Å². The molecule has 25 heavy (non-hydrogen) atoms. The van der Waals surface area contributed by atoms with Crippen molar-refractivity contribution >= 4 is 19.4 Å². The Kier molecular flexibility index (Phi) is 7.17. The van der Waals surface area contributed by atoms with Gasteiger partial charge in [0, 0.05) is 12.7 Å². The SMILES string of the molecule is CCN(CP(=O)(O)CCc1ccccc1)C(=O)OC(=O)[C@@H]1CCCN1. The van der Waals surface area contributed by atoms with E-state index in [1.807, 2.05) is 30.3 Å². The van der Waals surface area contributed by atoms with Crippen molar-refractivity contribution in [3.8, 4) is 0 Å². The van der Waals surface area contributed by atoms with Gasteiger partial charge in [-0.25, -0.2) is 9.59 Å². The molecule has 0 saturated carbocycles. The summed E-state index contributed by atoms with van der Waals surface area (Å²) in [5.41, 5.74) is 0.963. The molecular formula is C17H25N2O5P. The molecule has 0 spiro atoms. The van der Waals surface area contributed by atoms with Gasteiger partial charge in [0.1, 0.15) is 12.3 Å². The first-order valence-electron chi connectivity index (χ1n) is 8.50. The number of carbonyl (C=O) groups is 2. The summed E-state index contributed by atoms with van der Waals surface area (Å²) < 4.78 is 17.3. The van der Waals surface area contributed by atoms with Gasteiger partial charge in [-0.05, 0) is 38.3 Å². The van der Waals surface area contributed by atoms with Gasteiger partial charge in [0.2, 0.25) is 7.37 Å². The number of benzene rings is 1. The Morgan fingerprint density at radius 3 is 2.68 bits per heavy atom. The van der Waals surface area contributed by atoms with Crippen LogP contribution < -0.4 is 5.32 Å². The standard InChI is InChI=1S/C17H25N2O5P/c1-2-19(17(21)24-16(20)15-9-6-11-18-15)13-25(22,23)12-10-14-7-4-3-5-8-14/h3-5,7-8,15,18H,2,6,9-13H2,1H3,(H,22,23)/t15-/m0/s1. The molecule has 0 bridgehead atoms. The van der Waals surface area contributed by atoms with Crippen molar-refractivity contribution in [2.75, 3.05) is 25.5 Å². The van der Waals surface area contributed by atoms with Crippen LogP contribution in [0.1, 0.15) is 25.3 Å². The van der Waals surface area contributed by atoms with Crippen LogP contribution in [0.25, 0.3) is 0 Å². The molecule has 1 saturated heterocycles. The third-order valence-corrected chi connectivity index (χ3v) is 5.86. The first-order valence-corrected chi connectivity index (χ1v) is 10.5. The van der Waals surface area contributed by atoms with Gasteiger partial charge in [-0.15, -0.1) is 0 Å². The zero-order valence-electron chi connectivity index (χ0n) is 14.4. The highest BCUT2D eigenvalue weighted by Crippen LogP contribution is 2.41. The molecule has 0 aromatic heterocycles. The lowest BCUT2D eigenvalue weighted by atomic mass is 10.2. The van der Waals surface area contributed by atoms with Crippen molar-refractivity contribution in [2.45, 2.75) is 32.2 Å². The minimum Gasteiger partial charge on any atom is -0.375 e. The van der Waals surface area contributed by atoms with Gasteiger partial charge in [-0.1, -0.05) is 30.3 Å². The normalized spacial score (nSPS) is 19.2. The monoisotopic (exact) mass is 368 g/mol. The van der Waals surface area contributed by atoms with Crippen LogP contribution >= 0.6 is 7.37 Å². The van der Waals surface area contributed by atoms with E-state index in [0.717, 1.165) is 23.4 Å². The summed E-state index contributed by atoms with van der Waals surface area (Å²) in [5, 5.41) is 2.96. The maximum absolute atomic E-state index is 12.4. The second kappa shape index (κ2) is 9.13. The minimum absolute atomic E-state index is 0.0684. The number of ether oxygens (including phenoxy) is 1. The van der Waals surface area contributed by atoms with E-state index in [1.165, 1.54) is 0 Å². The smallest absolute Gasteiger partial charge is 0.375 e. The predicted octanol–water partition coefficient (Wildman–Crippen LogP) is 2.19. The van der Waals surface area contributed by atoms with Crippen molar-refractivity contribution in [1.29, 1.82) is 0 Å². The highest BCUT2D eigenvalue weighted by molar-refractivity contribution is 7.57. The highest BCUT2D eigenvalue weighted by Gasteiger charge is 2.30. The summed E-state index contributed by atoms with van der Waals surface area (Å²) in [7, 11) is -3.56. The predicted molar refractivity (Wildman–Crippen MR) is 94.6 cm³/mol. The average molecular weight is 368 g/mol. The van der Waals surface area contributed by atoms with Crippen LogP contribution in [0.4, 0.5) is 4.79 Å². The van der Waals surface area contributed by atoms with Gasteiger partial charge in [0.05, 0.1) is 0 Å². The minimum atomic E-state index is -3.56. The van der Waals surface area contributed by atoms with Gasteiger partial charge in [0.25, 0.3) is 0 Å². The molecular weight excluding hydrogens is 343 g/mol. The van der Waals surface area contributed by atoms with E-state index < -0.39 is 25.5 Å². The van der Waals surface area contributed by atoms with Crippen LogP contribution in [0, 0.1) is 0 Å². The van der Waals surface area contributed by atoms with Crippen molar-refractivity contribution in [3.05, 3.63) is 35.9 Å². The zero-order chi connectivity index (χ0) is 18.3. The highest BCUT2D eigenvalue weighted by atomic mass is 31.2. The number of nitrogens with one attached hydrogen (secondary N) is 1. The molecule has 8 heteroatoms. The van der Waals surface area contributed by atoms with Crippen LogP contribution in [0.2, 0.25) is 0 Å². The molecule has 7 nitrogen and oxygen atoms in total. The molecule has 2 rings (SSSR count). The number of esters is 1. The number of nitrogens with zero attached hydrogens (tertiary/aromatic N) is 1. The maximum Gasteiger partial charge on any atom is 0.418 e. The van der Waals surface area contributed by atoms with Crippen molar-refractivity contribution in [3.63, 3.8) is 0 Å². The molecule has 2 atom stereocenters. The molecule has 1 amide bonds. The second-order valence-electron chi connectivity index (χ2n) is 6.14. The van der Waals surface area contributed by atoms with Crippen LogP contribution in [-0.2, 0) is 20.5 Å². The lowest BCUT2D eigenvalue weighted by Crippen LogP contribution is -2.39. The first-order chi connectivity index (χ1) is 11.9. The van der Waals surface area contributed by atoms with Crippen LogP contribution in [0.15, 0.2) is 30.3 Å². The Balaban J connectivity index is 1.86. The number of amides is 1. The molecule has 1 heterocycles. The quantitative estimate of drug-likeness (QED) is 0.435. The topological polar surface area (TPSA) is 95.9 Å². The Morgan fingerprint density at radius 2 is 2.08 bits per heavy atom. The van der Waals surface area contributed by atoms with Crippen LogP contribution in [0.5, 0.6) is 0 Å². The molecule has 1 unspecified atom stereocenters. The van der Waals surface area contributed by atoms with Gasteiger partial charge in [-0.3, -0.25) is 9.46 Å². The fourth-order valence-corrected chi connectivity index (χ4v) is 4.28. The van der Waals surface area contributed by atoms with Crippen molar-refractivity contribution in [2.24, 2.45) is 0 Å². The Morgan fingerprint density at radius 1 is 1.36 bits per heavy atom. The summed E-state index contributed by atoms with van der Waals surface area (Å²) in [6, 6.07) is 8.93. The van der Waals surface area contributed by atoms with Crippen molar-refractivity contribution < 1.29 is 23.8 Å². The fraction of sp³-hybridized carbons (Fsp3) is 0.529. The van der Waals surface area contributed by atoms with E-state index in [4.69, 9.17) is 4.74 Å². The van der Waals surface area contributed by atoms with E-state index >= 15 is 0 Å². The third kappa shape index (κ3) is 6.27. The molecule has 2 N–H and O–H groups in total. The first kappa shape index (κ1) is 19.6. The van der Waals surface area contributed by atoms with E-state index in [-0.39, 0.29) is 19.0 Å². The van der Waals surface area contributed by atoms with Crippen molar-refractivity contribution in [1.82, 2.24) is 10.2 Å². The largest absolute Gasteiger partial charge is 0.418 e. The molecule has 0 radical (unpaired) electrons. The number of rotatable bonds is 7. The Hall–Kier alpha value is -1.69. The van der Waals surface area contributed by atoms with Gasteiger partial charge in [0.15, 0.2) is 0 Å². The van der Waals surface area contributed by atoms with E-state index in [9.17, 15) is 19.0 Å². The summed E-state index contributed by atoms with van der Waals surface area (Å²) in [4.78, 5) is 35.3. The Bertz CT molecular complexity index is 631. The zero-order valence-corrected chi connectivity index (χ0v) is 15.3.